The number of likely N-dealkylation sites (tertiary alicyclic amines) is 1. The molecule has 0 spiro atoms. The zero-order valence-electron chi connectivity index (χ0n) is 15.7. The molecule has 0 aromatic heterocycles. The molecule has 1 saturated heterocycles. The van der Waals surface area contributed by atoms with E-state index in [4.69, 9.17) is 10.5 Å². The molecule has 1 aromatic carbocycles. The summed E-state index contributed by atoms with van der Waals surface area (Å²) in [5.74, 6) is 1.61. The minimum Gasteiger partial charge on any atom is -0.373 e. The lowest BCUT2D eigenvalue weighted by atomic mass is 9.62. The van der Waals surface area contributed by atoms with Gasteiger partial charge in [-0.15, -0.1) is 12.4 Å². The molecule has 5 heteroatoms. The second-order valence-electron chi connectivity index (χ2n) is 8.26. The van der Waals surface area contributed by atoms with Crippen LogP contribution in [0.5, 0.6) is 0 Å². The SMILES string of the molecule is CO[C@]1(c2cccc(C(N)=O)c2)[C@@H]2CCC[C@H]1CN(CCC1CC1)C2.Cl. The number of ether oxygens (including phenoxy) is 1. The van der Waals surface area contributed by atoms with Crippen LogP contribution in [0.1, 0.15) is 54.4 Å². The Morgan fingerprint density at radius 3 is 2.50 bits per heavy atom. The molecule has 3 atom stereocenters. The highest BCUT2D eigenvalue weighted by Gasteiger charge is 2.53. The second-order valence-corrected chi connectivity index (χ2v) is 8.26. The van der Waals surface area contributed by atoms with E-state index < -0.39 is 0 Å². The number of methoxy groups -OCH3 is 1. The third-order valence-corrected chi connectivity index (χ3v) is 6.76. The van der Waals surface area contributed by atoms with Crippen LogP contribution >= 0.6 is 12.4 Å². The number of amides is 1. The Morgan fingerprint density at radius 1 is 1.23 bits per heavy atom. The summed E-state index contributed by atoms with van der Waals surface area (Å²) in [5.41, 5.74) is 6.98. The number of rotatable bonds is 6. The van der Waals surface area contributed by atoms with Crippen LogP contribution in [0.4, 0.5) is 0 Å². The van der Waals surface area contributed by atoms with E-state index in [-0.39, 0.29) is 23.9 Å². The first kappa shape index (κ1) is 19.7. The Hall–Kier alpha value is -1.10. The van der Waals surface area contributed by atoms with E-state index in [9.17, 15) is 4.79 Å². The van der Waals surface area contributed by atoms with Gasteiger partial charge < -0.3 is 15.4 Å². The van der Waals surface area contributed by atoms with Crippen LogP contribution in [0.15, 0.2) is 24.3 Å². The van der Waals surface area contributed by atoms with Crippen LogP contribution in [0.3, 0.4) is 0 Å². The lowest BCUT2D eigenvalue weighted by Crippen LogP contribution is -2.59. The van der Waals surface area contributed by atoms with Crippen molar-refractivity contribution in [3.63, 3.8) is 0 Å². The van der Waals surface area contributed by atoms with Gasteiger partial charge in [0, 0.05) is 37.6 Å². The number of carbonyl (C=O) groups is 1. The largest absolute Gasteiger partial charge is 0.373 e. The van der Waals surface area contributed by atoms with Gasteiger partial charge in [0.2, 0.25) is 5.91 Å². The Kier molecular flexibility index (Phi) is 5.95. The van der Waals surface area contributed by atoms with Gasteiger partial charge in [-0.3, -0.25) is 4.79 Å². The highest BCUT2D eigenvalue weighted by molar-refractivity contribution is 5.92. The van der Waals surface area contributed by atoms with Gasteiger partial charge in [-0.1, -0.05) is 31.4 Å². The van der Waals surface area contributed by atoms with E-state index in [2.05, 4.69) is 11.0 Å². The summed E-state index contributed by atoms with van der Waals surface area (Å²) < 4.78 is 6.27. The average molecular weight is 379 g/mol. The van der Waals surface area contributed by atoms with Crippen molar-refractivity contribution < 1.29 is 9.53 Å². The van der Waals surface area contributed by atoms with Crippen LogP contribution in [-0.2, 0) is 10.3 Å². The van der Waals surface area contributed by atoms with E-state index in [1.807, 2.05) is 19.2 Å². The first-order valence-electron chi connectivity index (χ1n) is 9.81. The monoisotopic (exact) mass is 378 g/mol. The molecule has 2 bridgehead atoms. The van der Waals surface area contributed by atoms with Gasteiger partial charge in [-0.2, -0.15) is 0 Å². The van der Waals surface area contributed by atoms with Crippen LogP contribution in [0.2, 0.25) is 0 Å². The lowest BCUT2D eigenvalue weighted by molar-refractivity contribution is -0.169. The predicted octanol–water partition coefficient (Wildman–Crippen LogP) is 3.58. The number of benzene rings is 1. The summed E-state index contributed by atoms with van der Waals surface area (Å²) in [6, 6.07) is 7.85. The maximum Gasteiger partial charge on any atom is 0.248 e. The standard InChI is InChI=1S/C21H30N2O2.ClH/c1-25-21(17-5-2-4-16(12-17)20(22)24)18-6-3-7-19(21)14-23(13-18)11-10-15-8-9-15;/h2,4-5,12,15,18-19H,3,6-11,13-14H2,1H3,(H2,22,24);1H/t18-,19+,21-;. The van der Waals surface area contributed by atoms with E-state index >= 15 is 0 Å². The molecule has 3 fully saturated rings. The smallest absolute Gasteiger partial charge is 0.248 e. The average Bonchev–Trinajstić information content (AvgIpc) is 3.43. The Bertz CT molecular complexity index is 633. The molecule has 0 unspecified atom stereocenters. The van der Waals surface area contributed by atoms with Crippen molar-refractivity contribution in [1.82, 2.24) is 4.90 Å². The number of primary amides is 1. The maximum atomic E-state index is 11.7. The molecule has 2 saturated carbocycles. The molecule has 0 radical (unpaired) electrons. The van der Waals surface area contributed by atoms with E-state index in [1.165, 1.54) is 45.1 Å². The molecular formula is C21H31ClN2O2. The van der Waals surface area contributed by atoms with Crippen LogP contribution in [0.25, 0.3) is 0 Å². The molecule has 4 nitrogen and oxygen atoms in total. The number of nitrogens with two attached hydrogens (primary N) is 1. The number of nitrogens with zero attached hydrogens (tertiary/aromatic N) is 1. The molecule has 1 aliphatic heterocycles. The van der Waals surface area contributed by atoms with E-state index in [0.29, 0.717) is 17.4 Å². The Morgan fingerprint density at radius 2 is 1.92 bits per heavy atom. The maximum absolute atomic E-state index is 11.7. The van der Waals surface area contributed by atoms with Crippen molar-refractivity contribution in [2.75, 3.05) is 26.7 Å². The fourth-order valence-corrected chi connectivity index (χ4v) is 5.32. The molecule has 4 rings (SSSR count). The van der Waals surface area contributed by atoms with Crippen molar-refractivity contribution in [3.8, 4) is 0 Å². The summed E-state index contributed by atoms with van der Waals surface area (Å²) in [5, 5.41) is 0. The zero-order valence-corrected chi connectivity index (χ0v) is 16.5. The highest BCUT2D eigenvalue weighted by Crippen LogP contribution is 2.51. The number of hydrogen-bond acceptors (Lipinski definition) is 3. The van der Waals surface area contributed by atoms with Crippen molar-refractivity contribution in [3.05, 3.63) is 35.4 Å². The normalized spacial score (nSPS) is 31.3. The number of carbonyl (C=O) groups excluding carboxylic acids is 1. The predicted molar refractivity (Wildman–Crippen MR) is 106 cm³/mol. The highest BCUT2D eigenvalue weighted by atomic mass is 35.5. The summed E-state index contributed by atoms with van der Waals surface area (Å²) in [4.78, 5) is 14.3. The number of halogens is 1. The fraction of sp³-hybridized carbons (Fsp3) is 0.667. The van der Waals surface area contributed by atoms with E-state index in [1.54, 1.807) is 6.07 Å². The Balaban J connectivity index is 0.00000196. The second kappa shape index (κ2) is 7.87. The van der Waals surface area contributed by atoms with Crippen LogP contribution in [0, 0.1) is 17.8 Å². The minimum atomic E-state index is -0.361. The number of hydrogen-bond donors (Lipinski definition) is 1. The molecule has 1 amide bonds. The van der Waals surface area contributed by atoms with Gasteiger partial charge in [0.15, 0.2) is 0 Å². The van der Waals surface area contributed by atoms with E-state index in [0.717, 1.165) is 24.6 Å². The van der Waals surface area contributed by atoms with Gasteiger partial charge in [-0.25, -0.2) is 0 Å². The molecule has 2 N–H and O–H groups in total. The van der Waals surface area contributed by atoms with Gasteiger partial charge in [0.05, 0.1) is 0 Å². The van der Waals surface area contributed by atoms with Crippen molar-refractivity contribution in [2.24, 2.45) is 23.5 Å². The first-order valence-corrected chi connectivity index (χ1v) is 9.81. The third-order valence-electron chi connectivity index (χ3n) is 6.76. The quantitative estimate of drug-likeness (QED) is 0.823. The summed E-state index contributed by atoms with van der Waals surface area (Å²) in [7, 11) is 1.85. The van der Waals surface area contributed by atoms with Crippen molar-refractivity contribution in [2.45, 2.75) is 44.1 Å². The number of fused-ring (bicyclic) bond motifs is 2. The molecule has 26 heavy (non-hydrogen) atoms. The number of piperidine rings is 1. The summed E-state index contributed by atoms with van der Waals surface area (Å²) in [6.07, 6.45) is 7.91. The minimum absolute atomic E-state index is 0. The van der Waals surface area contributed by atoms with Gasteiger partial charge in [0.1, 0.15) is 5.60 Å². The first-order chi connectivity index (χ1) is 12.1. The van der Waals surface area contributed by atoms with Gasteiger partial charge in [0.25, 0.3) is 0 Å². The van der Waals surface area contributed by atoms with Crippen molar-refractivity contribution in [1.29, 1.82) is 0 Å². The van der Waals surface area contributed by atoms with Gasteiger partial charge in [-0.05, 0) is 49.4 Å². The molecule has 1 heterocycles. The molecule has 2 aliphatic carbocycles. The van der Waals surface area contributed by atoms with Crippen LogP contribution in [-0.4, -0.2) is 37.6 Å². The summed E-state index contributed by atoms with van der Waals surface area (Å²) >= 11 is 0. The molecule has 3 aliphatic rings. The zero-order chi connectivity index (χ0) is 17.4. The lowest BCUT2D eigenvalue weighted by Gasteiger charge is -2.55. The topological polar surface area (TPSA) is 55.6 Å². The fourth-order valence-electron chi connectivity index (χ4n) is 5.32. The third kappa shape index (κ3) is 3.51. The molecule has 144 valence electrons. The molecular weight excluding hydrogens is 348 g/mol. The summed E-state index contributed by atoms with van der Waals surface area (Å²) in [6.45, 7) is 3.45. The van der Waals surface area contributed by atoms with Crippen molar-refractivity contribution >= 4 is 18.3 Å². The van der Waals surface area contributed by atoms with Gasteiger partial charge >= 0.3 is 0 Å². The molecule has 1 aromatic rings. The van der Waals surface area contributed by atoms with Crippen LogP contribution < -0.4 is 5.73 Å². The Labute approximate surface area is 162 Å².